The van der Waals surface area contributed by atoms with E-state index >= 15 is 0 Å². The molecule has 0 amide bonds. The van der Waals surface area contributed by atoms with E-state index < -0.39 is 0 Å². The van der Waals surface area contributed by atoms with Gasteiger partial charge in [-0.25, -0.2) is 0 Å². The van der Waals surface area contributed by atoms with E-state index in [1.807, 2.05) is 7.05 Å². The summed E-state index contributed by atoms with van der Waals surface area (Å²) < 4.78 is 0. The zero-order valence-corrected chi connectivity index (χ0v) is 17.4. The zero-order chi connectivity index (χ0) is 15.5. The Bertz CT molecular complexity index is 416. The van der Waals surface area contributed by atoms with Crippen LogP contribution in [-0.2, 0) is 6.54 Å². The number of hydrogen-bond donors (Lipinski definition) is 2. The fraction of sp³-hybridized carbons (Fsp3) is 0.706. The number of likely N-dealkylation sites (tertiary alicyclic amines) is 1. The Labute approximate surface area is 162 Å². The predicted octanol–water partition coefficient (Wildman–Crippen LogP) is 3.69. The minimum Gasteiger partial charge on any atom is -0.356 e. The maximum absolute atomic E-state index is 4.27. The van der Waals surface area contributed by atoms with Gasteiger partial charge in [0.05, 0.1) is 6.54 Å². The second kappa shape index (κ2) is 13.0. The van der Waals surface area contributed by atoms with Crippen LogP contribution in [0.15, 0.2) is 22.5 Å². The molecule has 1 aliphatic heterocycles. The van der Waals surface area contributed by atoms with Gasteiger partial charge in [0.25, 0.3) is 0 Å². The number of nitrogens with zero attached hydrogens (tertiary/aromatic N) is 2. The van der Waals surface area contributed by atoms with Crippen LogP contribution in [0.3, 0.4) is 0 Å². The highest BCUT2D eigenvalue weighted by Crippen LogP contribution is 2.10. The van der Waals surface area contributed by atoms with E-state index in [0.717, 1.165) is 19.0 Å². The number of hydrogen-bond acceptors (Lipinski definition) is 3. The molecule has 0 spiro atoms. The van der Waals surface area contributed by atoms with Crippen molar-refractivity contribution in [2.24, 2.45) is 4.99 Å². The number of nitrogens with one attached hydrogen (secondary N) is 2. The number of thiophene rings is 1. The van der Waals surface area contributed by atoms with Crippen molar-refractivity contribution in [1.29, 1.82) is 0 Å². The monoisotopic (exact) mass is 450 g/mol. The van der Waals surface area contributed by atoms with E-state index in [2.05, 4.69) is 38.0 Å². The highest BCUT2D eigenvalue weighted by atomic mass is 127. The Kier molecular flexibility index (Phi) is 11.7. The third-order valence-corrected chi connectivity index (χ3v) is 5.00. The summed E-state index contributed by atoms with van der Waals surface area (Å²) in [5.74, 6) is 0.907. The molecule has 23 heavy (non-hydrogen) atoms. The number of guanidine groups is 1. The van der Waals surface area contributed by atoms with Crippen LogP contribution in [0, 0.1) is 0 Å². The van der Waals surface area contributed by atoms with E-state index in [1.165, 1.54) is 63.0 Å². The summed E-state index contributed by atoms with van der Waals surface area (Å²) in [4.78, 5) is 8.23. The molecule has 2 N–H and O–H groups in total. The Balaban J connectivity index is 0.00000264. The first-order valence-electron chi connectivity index (χ1n) is 8.58. The van der Waals surface area contributed by atoms with Gasteiger partial charge in [-0.1, -0.05) is 18.9 Å². The zero-order valence-electron chi connectivity index (χ0n) is 14.2. The van der Waals surface area contributed by atoms with Crippen LogP contribution in [0.4, 0.5) is 0 Å². The second-order valence-electron chi connectivity index (χ2n) is 5.89. The second-order valence-corrected chi connectivity index (χ2v) is 6.93. The number of unbranched alkanes of at least 4 members (excludes halogenated alkanes) is 2. The first kappa shape index (κ1) is 20.7. The van der Waals surface area contributed by atoms with Crippen molar-refractivity contribution >= 4 is 41.3 Å². The summed E-state index contributed by atoms with van der Waals surface area (Å²) in [6.07, 6.45) is 8.06. The fourth-order valence-electron chi connectivity index (χ4n) is 2.83. The van der Waals surface area contributed by atoms with Crippen molar-refractivity contribution in [3.8, 4) is 0 Å². The van der Waals surface area contributed by atoms with Gasteiger partial charge in [-0.05, 0) is 56.8 Å². The number of aliphatic imine (C=N–C) groups is 1. The van der Waals surface area contributed by atoms with Gasteiger partial charge in [0.2, 0.25) is 0 Å². The van der Waals surface area contributed by atoms with Gasteiger partial charge in [0.1, 0.15) is 0 Å². The van der Waals surface area contributed by atoms with Crippen molar-refractivity contribution in [3.63, 3.8) is 0 Å². The van der Waals surface area contributed by atoms with Crippen molar-refractivity contribution in [1.82, 2.24) is 15.5 Å². The van der Waals surface area contributed by atoms with Crippen LogP contribution >= 0.6 is 35.3 Å². The quantitative estimate of drug-likeness (QED) is 0.275. The highest BCUT2D eigenvalue weighted by Gasteiger charge is 2.08. The molecular formula is C17H31IN4S. The highest BCUT2D eigenvalue weighted by molar-refractivity contribution is 14.0. The Morgan fingerprint density at radius 2 is 2.00 bits per heavy atom. The van der Waals surface area contributed by atoms with E-state index in [0.29, 0.717) is 0 Å². The van der Waals surface area contributed by atoms with Gasteiger partial charge in [0.15, 0.2) is 5.96 Å². The molecule has 1 fully saturated rings. The molecule has 1 aliphatic rings. The van der Waals surface area contributed by atoms with E-state index in [4.69, 9.17) is 0 Å². The number of rotatable bonds is 8. The molecule has 6 heteroatoms. The lowest BCUT2D eigenvalue weighted by Gasteiger charge is -2.26. The number of piperidine rings is 1. The molecule has 2 rings (SSSR count). The molecule has 1 aromatic heterocycles. The van der Waals surface area contributed by atoms with Gasteiger partial charge in [-0.2, -0.15) is 0 Å². The minimum absolute atomic E-state index is 0. The molecule has 132 valence electrons. The van der Waals surface area contributed by atoms with E-state index in [-0.39, 0.29) is 24.0 Å². The Morgan fingerprint density at radius 1 is 1.17 bits per heavy atom. The average Bonchev–Trinajstić information content (AvgIpc) is 3.08. The minimum atomic E-state index is 0. The van der Waals surface area contributed by atoms with Gasteiger partial charge in [-0.15, -0.1) is 35.3 Å². The van der Waals surface area contributed by atoms with Crippen LogP contribution in [0.5, 0.6) is 0 Å². The number of halogens is 1. The molecule has 0 radical (unpaired) electrons. The molecule has 1 aromatic rings. The first-order chi connectivity index (χ1) is 10.9. The molecule has 0 atom stereocenters. The summed E-state index contributed by atoms with van der Waals surface area (Å²) in [5, 5.41) is 8.86. The smallest absolute Gasteiger partial charge is 0.191 e. The summed E-state index contributed by atoms with van der Waals surface area (Å²) in [6.45, 7) is 5.77. The standard InChI is InChI=1S/C17H30N4S.HI/c1-18-17(20-15-16-9-8-14-22-16)19-10-4-2-5-11-21-12-6-3-7-13-21;/h8-9,14H,2-7,10-13,15H2,1H3,(H2,18,19,20);1H. The first-order valence-corrected chi connectivity index (χ1v) is 9.45. The lowest BCUT2D eigenvalue weighted by atomic mass is 10.1. The summed E-state index contributed by atoms with van der Waals surface area (Å²) in [6, 6.07) is 4.23. The van der Waals surface area contributed by atoms with Crippen molar-refractivity contribution in [2.75, 3.05) is 33.2 Å². The molecular weight excluding hydrogens is 419 g/mol. The van der Waals surface area contributed by atoms with Crippen molar-refractivity contribution in [3.05, 3.63) is 22.4 Å². The molecule has 4 nitrogen and oxygen atoms in total. The van der Waals surface area contributed by atoms with Crippen LogP contribution < -0.4 is 10.6 Å². The lowest BCUT2D eigenvalue weighted by molar-refractivity contribution is 0.224. The molecule has 0 aromatic carbocycles. The SMILES string of the molecule is CN=C(NCCCCCN1CCCCC1)NCc1cccs1.I. The predicted molar refractivity (Wildman–Crippen MR) is 112 cm³/mol. The maximum Gasteiger partial charge on any atom is 0.191 e. The van der Waals surface area contributed by atoms with Crippen LogP contribution in [0.25, 0.3) is 0 Å². The lowest BCUT2D eigenvalue weighted by Crippen LogP contribution is -2.37. The fourth-order valence-corrected chi connectivity index (χ4v) is 3.48. The Morgan fingerprint density at radius 3 is 2.70 bits per heavy atom. The van der Waals surface area contributed by atoms with Crippen LogP contribution in [-0.4, -0.2) is 44.1 Å². The van der Waals surface area contributed by atoms with Gasteiger partial charge in [0, 0.05) is 18.5 Å². The normalized spacial score (nSPS) is 16.0. The molecule has 1 saturated heterocycles. The molecule has 0 aliphatic carbocycles. The average molecular weight is 450 g/mol. The third kappa shape index (κ3) is 8.91. The van der Waals surface area contributed by atoms with Crippen LogP contribution in [0.1, 0.15) is 43.4 Å². The van der Waals surface area contributed by atoms with Crippen molar-refractivity contribution < 1.29 is 0 Å². The van der Waals surface area contributed by atoms with Gasteiger partial charge < -0.3 is 15.5 Å². The molecule has 0 saturated carbocycles. The summed E-state index contributed by atoms with van der Waals surface area (Å²) in [7, 11) is 1.83. The summed E-state index contributed by atoms with van der Waals surface area (Å²) >= 11 is 1.77. The molecule has 0 unspecified atom stereocenters. The van der Waals surface area contributed by atoms with Crippen molar-refractivity contribution in [2.45, 2.75) is 45.1 Å². The molecule has 2 heterocycles. The largest absolute Gasteiger partial charge is 0.356 e. The van der Waals surface area contributed by atoms with Crippen LogP contribution in [0.2, 0.25) is 0 Å². The van der Waals surface area contributed by atoms with Gasteiger partial charge >= 0.3 is 0 Å². The molecule has 0 bridgehead atoms. The maximum atomic E-state index is 4.27. The topological polar surface area (TPSA) is 39.7 Å². The van der Waals surface area contributed by atoms with E-state index in [1.54, 1.807) is 11.3 Å². The Hall–Kier alpha value is -0.340. The van der Waals surface area contributed by atoms with E-state index in [9.17, 15) is 0 Å². The van der Waals surface area contributed by atoms with Gasteiger partial charge in [-0.3, -0.25) is 4.99 Å². The summed E-state index contributed by atoms with van der Waals surface area (Å²) in [5.41, 5.74) is 0. The third-order valence-electron chi connectivity index (χ3n) is 4.13.